The summed E-state index contributed by atoms with van der Waals surface area (Å²) in [6, 6.07) is 6.06. The van der Waals surface area contributed by atoms with E-state index in [-0.39, 0.29) is 17.0 Å². The molecule has 1 aromatic carbocycles. The van der Waals surface area contributed by atoms with Crippen molar-refractivity contribution in [3.63, 3.8) is 0 Å². The molecule has 1 fully saturated rings. The van der Waals surface area contributed by atoms with Crippen molar-refractivity contribution in [3.8, 4) is 0 Å². The van der Waals surface area contributed by atoms with Crippen molar-refractivity contribution in [2.45, 2.75) is 26.7 Å². The fourth-order valence-electron chi connectivity index (χ4n) is 2.50. The van der Waals surface area contributed by atoms with Crippen molar-refractivity contribution in [2.24, 2.45) is 5.41 Å². The van der Waals surface area contributed by atoms with E-state index in [4.69, 9.17) is 5.11 Å². The minimum absolute atomic E-state index is 0.124. The van der Waals surface area contributed by atoms with Crippen molar-refractivity contribution in [1.82, 2.24) is 4.90 Å². The van der Waals surface area contributed by atoms with Crippen LogP contribution in [0.5, 0.6) is 0 Å². The van der Waals surface area contributed by atoms with Crippen LogP contribution in [0.15, 0.2) is 24.3 Å². The van der Waals surface area contributed by atoms with Gasteiger partial charge < -0.3 is 15.3 Å². The van der Waals surface area contributed by atoms with E-state index in [9.17, 15) is 9.59 Å². The number of piperidine rings is 1. The SMILES string of the molecule is CC1(C)CCCN(C(=O)Nc2ccc(C(=O)O)cc2)C1. The van der Waals surface area contributed by atoms with Gasteiger partial charge in [0.2, 0.25) is 0 Å². The number of nitrogens with one attached hydrogen (secondary N) is 1. The number of hydrogen-bond acceptors (Lipinski definition) is 2. The second kappa shape index (κ2) is 5.53. The molecule has 2 rings (SSSR count). The molecule has 20 heavy (non-hydrogen) atoms. The number of amides is 2. The summed E-state index contributed by atoms with van der Waals surface area (Å²) < 4.78 is 0. The van der Waals surface area contributed by atoms with Gasteiger partial charge in [-0.2, -0.15) is 0 Å². The molecule has 0 aliphatic carbocycles. The second-order valence-electron chi connectivity index (χ2n) is 6.00. The van der Waals surface area contributed by atoms with E-state index in [1.165, 1.54) is 12.1 Å². The van der Waals surface area contributed by atoms with Gasteiger partial charge in [-0.05, 0) is 42.5 Å². The maximum Gasteiger partial charge on any atom is 0.335 e. The zero-order valence-corrected chi connectivity index (χ0v) is 11.8. The summed E-state index contributed by atoms with van der Waals surface area (Å²) in [6.07, 6.45) is 2.14. The summed E-state index contributed by atoms with van der Waals surface area (Å²) in [5.41, 5.74) is 0.980. The number of urea groups is 1. The van der Waals surface area contributed by atoms with E-state index in [2.05, 4.69) is 19.2 Å². The van der Waals surface area contributed by atoms with E-state index >= 15 is 0 Å². The van der Waals surface area contributed by atoms with Crippen LogP contribution in [-0.2, 0) is 0 Å². The fourth-order valence-corrected chi connectivity index (χ4v) is 2.50. The summed E-state index contributed by atoms with van der Waals surface area (Å²) in [7, 11) is 0. The highest BCUT2D eigenvalue weighted by Gasteiger charge is 2.29. The lowest BCUT2D eigenvalue weighted by Gasteiger charge is -2.37. The van der Waals surface area contributed by atoms with E-state index < -0.39 is 5.97 Å². The normalized spacial score (nSPS) is 17.6. The molecular formula is C15H20N2O3. The van der Waals surface area contributed by atoms with E-state index in [0.717, 1.165) is 25.9 Å². The number of benzene rings is 1. The summed E-state index contributed by atoms with van der Waals surface area (Å²) in [4.78, 5) is 24.7. The van der Waals surface area contributed by atoms with Gasteiger partial charge in [0.25, 0.3) is 0 Å². The summed E-state index contributed by atoms with van der Waals surface area (Å²) in [5, 5.41) is 11.6. The molecule has 0 bridgehead atoms. The molecule has 2 N–H and O–H groups in total. The van der Waals surface area contributed by atoms with Gasteiger partial charge in [0.05, 0.1) is 5.56 Å². The van der Waals surface area contributed by atoms with Crippen LogP contribution < -0.4 is 5.32 Å². The van der Waals surface area contributed by atoms with Gasteiger partial charge in [-0.15, -0.1) is 0 Å². The second-order valence-corrected chi connectivity index (χ2v) is 6.00. The zero-order chi connectivity index (χ0) is 14.8. The quantitative estimate of drug-likeness (QED) is 0.872. The Bertz CT molecular complexity index is 508. The highest BCUT2D eigenvalue weighted by molar-refractivity contribution is 5.91. The van der Waals surface area contributed by atoms with E-state index in [1.54, 1.807) is 12.1 Å². The molecule has 1 aliphatic heterocycles. The Hall–Kier alpha value is -2.04. The van der Waals surface area contributed by atoms with Crippen LogP contribution in [0.25, 0.3) is 0 Å². The molecular weight excluding hydrogens is 256 g/mol. The number of carbonyl (C=O) groups is 2. The predicted molar refractivity (Wildman–Crippen MR) is 77.0 cm³/mol. The molecule has 108 valence electrons. The molecule has 5 nitrogen and oxygen atoms in total. The standard InChI is InChI=1S/C15H20N2O3/c1-15(2)8-3-9-17(10-15)14(20)16-12-6-4-11(5-7-12)13(18)19/h4-7H,3,8-10H2,1-2H3,(H,16,20)(H,18,19). The summed E-state index contributed by atoms with van der Waals surface area (Å²) >= 11 is 0. The number of carboxylic acids is 1. The number of carboxylic acid groups (broad SMARTS) is 1. The number of hydrogen-bond donors (Lipinski definition) is 2. The minimum atomic E-state index is -0.972. The highest BCUT2D eigenvalue weighted by atomic mass is 16.4. The largest absolute Gasteiger partial charge is 0.478 e. The lowest BCUT2D eigenvalue weighted by atomic mass is 9.84. The topological polar surface area (TPSA) is 69.6 Å². The maximum absolute atomic E-state index is 12.2. The maximum atomic E-state index is 12.2. The average molecular weight is 276 g/mol. The Balaban J connectivity index is 1.99. The molecule has 0 aromatic heterocycles. The fraction of sp³-hybridized carbons (Fsp3) is 0.467. The molecule has 1 aliphatic rings. The van der Waals surface area contributed by atoms with Crippen molar-refractivity contribution in [2.75, 3.05) is 18.4 Å². The molecule has 0 unspecified atom stereocenters. The van der Waals surface area contributed by atoms with Gasteiger partial charge in [-0.25, -0.2) is 9.59 Å². The number of likely N-dealkylation sites (tertiary alicyclic amines) is 1. The zero-order valence-electron chi connectivity index (χ0n) is 11.8. The summed E-state index contributed by atoms with van der Waals surface area (Å²) in [5.74, 6) is -0.972. The Kier molecular flexibility index (Phi) is 3.97. The molecule has 0 saturated carbocycles. The Morgan fingerprint density at radius 2 is 1.90 bits per heavy atom. The van der Waals surface area contributed by atoms with E-state index in [0.29, 0.717) is 5.69 Å². The number of rotatable bonds is 2. The third-order valence-corrected chi connectivity index (χ3v) is 3.57. The van der Waals surface area contributed by atoms with Gasteiger partial charge in [0.1, 0.15) is 0 Å². The Labute approximate surface area is 118 Å². The molecule has 1 heterocycles. The highest BCUT2D eigenvalue weighted by Crippen LogP contribution is 2.28. The van der Waals surface area contributed by atoms with E-state index in [1.807, 2.05) is 4.90 Å². The first kappa shape index (κ1) is 14.4. The predicted octanol–water partition coefficient (Wildman–Crippen LogP) is 3.04. The molecule has 5 heteroatoms. The average Bonchev–Trinajstić information content (AvgIpc) is 2.38. The number of carbonyl (C=O) groups excluding carboxylic acids is 1. The van der Waals surface area contributed by atoms with Gasteiger partial charge in [-0.3, -0.25) is 0 Å². The number of nitrogens with zero attached hydrogens (tertiary/aromatic N) is 1. The minimum Gasteiger partial charge on any atom is -0.478 e. The van der Waals surface area contributed by atoms with Crippen molar-refractivity contribution in [3.05, 3.63) is 29.8 Å². The molecule has 2 amide bonds. The monoisotopic (exact) mass is 276 g/mol. The molecule has 0 spiro atoms. The van der Waals surface area contributed by atoms with Crippen LogP contribution in [-0.4, -0.2) is 35.1 Å². The Morgan fingerprint density at radius 1 is 1.25 bits per heavy atom. The van der Waals surface area contributed by atoms with Crippen molar-refractivity contribution >= 4 is 17.7 Å². The molecule has 0 radical (unpaired) electrons. The van der Waals surface area contributed by atoms with Gasteiger partial charge in [-0.1, -0.05) is 13.8 Å². The molecule has 0 atom stereocenters. The van der Waals surface area contributed by atoms with Crippen LogP contribution in [0.4, 0.5) is 10.5 Å². The van der Waals surface area contributed by atoms with Crippen molar-refractivity contribution < 1.29 is 14.7 Å². The lowest BCUT2D eigenvalue weighted by molar-refractivity contribution is 0.0697. The van der Waals surface area contributed by atoms with Gasteiger partial charge in [0, 0.05) is 18.8 Å². The number of aromatic carboxylic acids is 1. The van der Waals surface area contributed by atoms with Crippen LogP contribution in [0, 0.1) is 5.41 Å². The van der Waals surface area contributed by atoms with Crippen LogP contribution in [0.1, 0.15) is 37.0 Å². The third kappa shape index (κ3) is 3.50. The van der Waals surface area contributed by atoms with Gasteiger partial charge >= 0.3 is 12.0 Å². The lowest BCUT2D eigenvalue weighted by Crippen LogP contribution is -2.45. The van der Waals surface area contributed by atoms with Crippen LogP contribution in [0.3, 0.4) is 0 Å². The smallest absolute Gasteiger partial charge is 0.335 e. The van der Waals surface area contributed by atoms with Gasteiger partial charge in [0.15, 0.2) is 0 Å². The first-order valence-corrected chi connectivity index (χ1v) is 6.77. The first-order valence-electron chi connectivity index (χ1n) is 6.77. The first-order chi connectivity index (χ1) is 9.37. The third-order valence-electron chi connectivity index (χ3n) is 3.57. The van der Waals surface area contributed by atoms with Crippen LogP contribution in [0.2, 0.25) is 0 Å². The van der Waals surface area contributed by atoms with Crippen molar-refractivity contribution in [1.29, 1.82) is 0 Å². The summed E-state index contributed by atoms with van der Waals surface area (Å²) in [6.45, 7) is 5.83. The molecule has 1 aromatic rings. The van der Waals surface area contributed by atoms with Crippen LogP contribution >= 0.6 is 0 Å². The molecule has 1 saturated heterocycles. The Morgan fingerprint density at radius 3 is 2.45 bits per heavy atom. The number of anilines is 1.